The molecule has 88 valence electrons. The van der Waals surface area contributed by atoms with Crippen LogP contribution in [0.1, 0.15) is 6.92 Å². The van der Waals surface area contributed by atoms with Gasteiger partial charge >= 0.3 is 5.97 Å². The van der Waals surface area contributed by atoms with Crippen LogP contribution in [0, 0.1) is 0 Å². The highest BCUT2D eigenvalue weighted by Gasteiger charge is 2.27. The number of carboxylic acid groups (broad SMARTS) is 1. The maximum Gasteiger partial charge on any atom is 0.321 e. The van der Waals surface area contributed by atoms with Crippen molar-refractivity contribution in [2.75, 3.05) is 26.2 Å². The lowest BCUT2D eigenvalue weighted by molar-refractivity contribution is -0.140. The minimum absolute atomic E-state index is 0.00288. The lowest BCUT2D eigenvalue weighted by atomic mass is 10.2. The number of carbonyl (C=O) groups is 1. The molecule has 1 aliphatic rings. The summed E-state index contributed by atoms with van der Waals surface area (Å²) in [5.74, 6) is -1.00. The van der Waals surface area contributed by atoms with Crippen molar-refractivity contribution >= 4 is 5.97 Å². The van der Waals surface area contributed by atoms with Crippen LogP contribution in [-0.4, -0.2) is 65.6 Å². The molecule has 3 unspecified atom stereocenters. The van der Waals surface area contributed by atoms with E-state index in [2.05, 4.69) is 0 Å². The topological polar surface area (TPSA) is 96.0 Å². The van der Waals surface area contributed by atoms with Crippen LogP contribution in [0.15, 0.2) is 0 Å². The van der Waals surface area contributed by atoms with Crippen molar-refractivity contribution in [3.05, 3.63) is 0 Å². The summed E-state index contributed by atoms with van der Waals surface area (Å²) in [4.78, 5) is 12.5. The first-order chi connectivity index (χ1) is 7.02. The SMILES string of the molecule is CC1CN(CC(N)C(=O)O)CC(CO)O1. The van der Waals surface area contributed by atoms with E-state index in [0.717, 1.165) is 0 Å². The Hall–Kier alpha value is -0.690. The first kappa shape index (κ1) is 12.4. The first-order valence-corrected chi connectivity index (χ1v) is 5.00. The molecule has 0 amide bonds. The third-order valence-electron chi connectivity index (χ3n) is 2.38. The quantitative estimate of drug-likeness (QED) is 0.530. The summed E-state index contributed by atoms with van der Waals surface area (Å²) in [6.07, 6.45) is -0.244. The number of aliphatic carboxylic acids is 1. The normalized spacial score (nSPS) is 30.1. The molecule has 3 atom stereocenters. The summed E-state index contributed by atoms with van der Waals surface area (Å²) in [5.41, 5.74) is 5.44. The maximum absolute atomic E-state index is 10.6. The number of hydrogen-bond donors (Lipinski definition) is 3. The average Bonchev–Trinajstić information content (AvgIpc) is 2.16. The molecular weight excluding hydrogens is 200 g/mol. The summed E-state index contributed by atoms with van der Waals surface area (Å²) >= 11 is 0. The van der Waals surface area contributed by atoms with Gasteiger partial charge in [-0.15, -0.1) is 0 Å². The number of ether oxygens (including phenoxy) is 1. The number of aliphatic hydroxyl groups excluding tert-OH is 1. The lowest BCUT2D eigenvalue weighted by Crippen LogP contribution is -2.52. The van der Waals surface area contributed by atoms with Gasteiger partial charge in [0.1, 0.15) is 6.04 Å². The van der Waals surface area contributed by atoms with Gasteiger partial charge in [0.25, 0.3) is 0 Å². The Labute approximate surface area is 88.6 Å². The molecule has 1 rings (SSSR count). The highest BCUT2D eigenvalue weighted by Crippen LogP contribution is 2.10. The smallest absolute Gasteiger partial charge is 0.321 e. The van der Waals surface area contributed by atoms with E-state index in [9.17, 15) is 4.79 Å². The third-order valence-corrected chi connectivity index (χ3v) is 2.38. The molecule has 0 spiro atoms. The second kappa shape index (κ2) is 5.41. The van der Waals surface area contributed by atoms with Gasteiger partial charge in [0.05, 0.1) is 18.8 Å². The zero-order valence-electron chi connectivity index (χ0n) is 8.80. The summed E-state index contributed by atoms with van der Waals surface area (Å²) in [7, 11) is 0. The molecule has 0 saturated carbocycles. The number of morpholine rings is 1. The Morgan fingerprint density at radius 2 is 2.33 bits per heavy atom. The van der Waals surface area contributed by atoms with Crippen LogP contribution in [0.5, 0.6) is 0 Å². The van der Waals surface area contributed by atoms with Gasteiger partial charge in [0, 0.05) is 19.6 Å². The Bertz CT molecular complexity index is 224. The molecule has 0 bridgehead atoms. The van der Waals surface area contributed by atoms with Gasteiger partial charge in [-0.05, 0) is 6.92 Å². The summed E-state index contributed by atoms with van der Waals surface area (Å²) in [6.45, 7) is 3.31. The molecule has 1 saturated heterocycles. The third kappa shape index (κ3) is 3.75. The fourth-order valence-corrected chi connectivity index (χ4v) is 1.75. The van der Waals surface area contributed by atoms with Crippen LogP contribution >= 0.6 is 0 Å². The molecule has 4 N–H and O–H groups in total. The Morgan fingerprint density at radius 1 is 1.67 bits per heavy atom. The minimum Gasteiger partial charge on any atom is -0.480 e. The van der Waals surface area contributed by atoms with E-state index in [4.69, 9.17) is 20.7 Å². The fraction of sp³-hybridized carbons (Fsp3) is 0.889. The predicted molar refractivity (Wildman–Crippen MR) is 53.5 cm³/mol. The highest BCUT2D eigenvalue weighted by molar-refractivity contribution is 5.73. The van der Waals surface area contributed by atoms with Crippen LogP contribution in [0.2, 0.25) is 0 Å². The van der Waals surface area contributed by atoms with Gasteiger partial charge in [0.2, 0.25) is 0 Å². The number of carboxylic acids is 1. The minimum atomic E-state index is -1.00. The second-order valence-electron chi connectivity index (χ2n) is 3.91. The van der Waals surface area contributed by atoms with E-state index >= 15 is 0 Å². The zero-order chi connectivity index (χ0) is 11.4. The zero-order valence-corrected chi connectivity index (χ0v) is 8.80. The number of rotatable bonds is 4. The van der Waals surface area contributed by atoms with Crippen LogP contribution in [0.3, 0.4) is 0 Å². The van der Waals surface area contributed by atoms with Gasteiger partial charge in [-0.1, -0.05) is 0 Å². The number of aliphatic hydroxyl groups is 1. The van der Waals surface area contributed by atoms with Crippen molar-refractivity contribution in [1.82, 2.24) is 4.90 Å². The Kier molecular flexibility index (Phi) is 4.46. The molecular formula is C9H18N2O4. The van der Waals surface area contributed by atoms with Crippen molar-refractivity contribution in [1.29, 1.82) is 0 Å². The maximum atomic E-state index is 10.6. The molecule has 0 aromatic rings. The monoisotopic (exact) mass is 218 g/mol. The number of nitrogens with zero attached hydrogens (tertiary/aromatic N) is 1. The average molecular weight is 218 g/mol. The molecule has 15 heavy (non-hydrogen) atoms. The molecule has 1 fully saturated rings. The van der Waals surface area contributed by atoms with Gasteiger partial charge < -0.3 is 20.7 Å². The summed E-state index contributed by atoms with van der Waals surface area (Å²) < 4.78 is 5.43. The predicted octanol–water partition coefficient (Wildman–Crippen LogP) is -1.52. The molecule has 1 aliphatic heterocycles. The lowest BCUT2D eigenvalue weighted by Gasteiger charge is -2.36. The van der Waals surface area contributed by atoms with E-state index in [1.54, 1.807) is 0 Å². The van der Waals surface area contributed by atoms with Crippen LogP contribution in [0.25, 0.3) is 0 Å². The molecule has 0 radical (unpaired) electrons. The van der Waals surface area contributed by atoms with Gasteiger partial charge in [-0.2, -0.15) is 0 Å². The van der Waals surface area contributed by atoms with E-state index in [1.807, 2.05) is 11.8 Å². The standard InChI is InChI=1S/C9H18N2O4/c1-6-2-11(3-7(5-12)15-6)4-8(10)9(13)14/h6-8,12H,2-5,10H2,1H3,(H,13,14). The van der Waals surface area contributed by atoms with Crippen molar-refractivity contribution in [3.8, 4) is 0 Å². The van der Waals surface area contributed by atoms with E-state index < -0.39 is 12.0 Å². The number of nitrogens with two attached hydrogens (primary N) is 1. The van der Waals surface area contributed by atoms with E-state index in [-0.39, 0.29) is 18.8 Å². The van der Waals surface area contributed by atoms with E-state index in [0.29, 0.717) is 19.6 Å². The van der Waals surface area contributed by atoms with E-state index in [1.165, 1.54) is 0 Å². The highest BCUT2D eigenvalue weighted by atomic mass is 16.5. The molecule has 0 aromatic heterocycles. The molecule has 0 aliphatic carbocycles. The van der Waals surface area contributed by atoms with Crippen molar-refractivity contribution < 1.29 is 19.7 Å². The first-order valence-electron chi connectivity index (χ1n) is 5.00. The van der Waals surface area contributed by atoms with Gasteiger partial charge in [-0.3, -0.25) is 9.69 Å². The van der Waals surface area contributed by atoms with Crippen molar-refractivity contribution in [3.63, 3.8) is 0 Å². The molecule has 0 aromatic carbocycles. The Balaban J connectivity index is 2.44. The Morgan fingerprint density at radius 3 is 2.87 bits per heavy atom. The summed E-state index contributed by atoms with van der Waals surface area (Å²) in [6, 6.07) is -0.880. The van der Waals surface area contributed by atoms with Crippen LogP contribution in [-0.2, 0) is 9.53 Å². The van der Waals surface area contributed by atoms with Crippen molar-refractivity contribution in [2.45, 2.75) is 25.2 Å². The molecule has 6 heteroatoms. The summed E-state index contributed by atoms with van der Waals surface area (Å²) in [5, 5.41) is 17.6. The molecule has 6 nitrogen and oxygen atoms in total. The molecule has 1 heterocycles. The van der Waals surface area contributed by atoms with Crippen LogP contribution in [0.4, 0.5) is 0 Å². The van der Waals surface area contributed by atoms with Gasteiger partial charge in [0.15, 0.2) is 0 Å². The van der Waals surface area contributed by atoms with Crippen molar-refractivity contribution in [2.24, 2.45) is 5.73 Å². The fourth-order valence-electron chi connectivity index (χ4n) is 1.75. The largest absolute Gasteiger partial charge is 0.480 e. The van der Waals surface area contributed by atoms with Gasteiger partial charge in [-0.25, -0.2) is 0 Å². The second-order valence-corrected chi connectivity index (χ2v) is 3.91. The van der Waals surface area contributed by atoms with Crippen LogP contribution < -0.4 is 5.73 Å². The number of hydrogen-bond acceptors (Lipinski definition) is 5.